The van der Waals surface area contributed by atoms with Crippen molar-refractivity contribution in [3.8, 4) is 5.88 Å². The second-order valence-corrected chi connectivity index (χ2v) is 3.48. The summed E-state index contributed by atoms with van der Waals surface area (Å²) in [7, 11) is 2.89. The summed E-state index contributed by atoms with van der Waals surface area (Å²) in [6.45, 7) is 0.619. The molecule has 0 spiro atoms. The van der Waals surface area contributed by atoms with Gasteiger partial charge in [0.1, 0.15) is 12.1 Å². The van der Waals surface area contributed by atoms with Crippen molar-refractivity contribution < 1.29 is 14.3 Å². The molecular weight excluding hydrogens is 222 g/mol. The first-order chi connectivity index (χ1) is 8.26. The van der Waals surface area contributed by atoms with Crippen LogP contribution in [-0.4, -0.2) is 36.7 Å². The van der Waals surface area contributed by atoms with Gasteiger partial charge in [-0.15, -0.1) is 0 Å². The summed E-state index contributed by atoms with van der Waals surface area (Å²) in [4.78, 5) is 19.6. The number of nitrogens with one attached hydrogen (secondary N) is 1. The van der Waals surface area contributed by atoms with Crippen LogP contribution < -0.4 is 10.1 Å². The maximum Gasteiger partial charge on any atom is 0.333 e. The van der Waals surface area contributed by atoms with Crippen molar-refractivity contribution >= 4 is 17.9 Å². The van der Waals surface area contributed by atoms with Gasteiger partial charge in [-0.05, 0) is 12.5 Å². The fraction of sp³-hybridized carbons (Fsp3) is 0.364. The van der Waals surface area contributed by atoms with Crippen LogP contribution in [0.2, 0.25) is 0 Å². The topological polar surface area (TPSA) is 73.3 Å². The molecule has 0 aliphatic carbocycles. The Morgan fingerprint density at radius 3 is 2.94 bits per heavy atom. The van der Waals surface area contributed by atoms with Crippen LogP contribution in [0.3, 0.4) is 0 Å². The van der Waals surface area contributed by atoms with Crippen molar-refractivity contribution in [2.24, 2.45) is 0 Å². The van der Waals surface area contributed by atoms with E-state index < -0.39 is 0 Å². The van der Waals surface area contributed by atoms with E-state index in [1.807, 2.05) is 0 Å². The molecule has 1 aromatic heterocycles. The summed E-state index contributed by atoms with van der Waals surface area (Å²) in [5.74, 6) is 0.757. The van der Waals surface area contributed by atoms with E-state index in [9.17, 15) is 4.79 Å². The number of hydrogen-bond acceptors (Lipinski definition) is 6. The normalized spacial score (nSPS) is 13.9. The SMILES string of the molecule is COC(=O)C1=Cc2c(ncnc2OC)NCC1. The van der Waals surface area contributed by atoms with Gasteiger partial charge in [0, 0.05) is 12.1 Å². The number of carbonyl (C=O) groups is 1. The maximum atomic E-state index is 11.5. The predicted octanol–water partition coefficient (Wildman–Crippen LogP) is 0.857. The van der Waals surface area contributed by atoms with Crippen LogP contribution >= 0.6 is 0 Å². The van der Waals surface area contributed by atoms with Crippen molar-refractivity contribution in [1.82, 2.24) is 9.97 Å². The van der Waals surface area contributed by atoms with Crippen molar-refractivity contribution in [2.75, 3.05) is 26.1 Å². The molecule has 2 heterocycles. The van der Waals surface area contributed by atoms with E-state index in [4.69, 9.17) is 9.47 Å². The highest BCUT2D eigenvalue weighted by Gasteiger charge is 2.18. The molecule has 1 aliphatic heterocycles. The van der Waals surface area contributed by atoms with Crippen molar-refractivity contribution in [3.63, 3.8) is 0 Å². The number of rotatable bonds is 2. The zero-order valence-corrected chi connectivity index (χ0v) is 9.69. The summed E-state index contributed by atoms with van der Waals surface area (Å²) in [6, 6.07) is 0. The Morgan fingerprint density at radius 1 is 1.41 bits per heavy atom. The molecule has 6 heteroatoms. The molecule has 0 bridgehead atoms. The third kappa shape index (κ3) is 2.20. The highest BCUT2D eigenvalue weighted by atomic mass is 16.5. The third-order valence-electron chi connectivity index (χ3n) is 2.49. The van der Waals surface area contributed by atoms with Gasteiger partial charge >= 0.3 is 5.97 Å². The number of hydrogen-bond donors (Lipinski definition) is 1. The van der Waals surface area contributed by atoms with E-state index in [2.05, 4.69) is 15.3 Å². The molecule has 0 aromatic carbocycles. The van der Waals surface area contributed by atoms with Gasteiger partial charge < -0.3 is 14.8 Å². The molecule has 2 rings (SSSR count). The van der Waals surface area contributed by atoms with Gasteiger partial charge in [0.25, 0.3) is 0 Å². The molecule has 17 heavy (non-hydrogen) atoms. The van der Waals surface area contributed by atoms with Gasteiger partial charge in [-0.3, -0.25) is 0 Å². The molecule has 1 aromatic rings. The Balaban J connectivity index is 2.48. The van der Waals surface area contributed by atoms with Crippen LogP contribution in [0, 0.1) is 0 Å². The van der Waals surface area contributed by atoms with E-state index in [1.54, 1.807) is 6.08 Å². The lowest BCUT2D eigenvalue weighted by Crippen LogP contribution is -2.08. The molecule has 0 atom stereocenters. The highest BCUT2D eigenvalue weighted by Crippen LogP contribution is 2.27. The summed E-state index contributed by atoms with van der Waals surface area (Å²) < 4.78 is 9.86. The first-order valence-corrected chi connectivity index (χ1v) is 5.18. The number of nitrogens with zero attached hydrogens (tertiary/aromatic N) is 2. The molecule has 1 aliphatic rings. The average Bonchev–Trinajstić information content (AvgIpc) is 2.59. The van der Waals surface area contributed by atoms with Crippen LogP contribution in [0.5, 0.6) is 5.88 Å². The largest absolute Gasteiger partial charge is 0.480 e. The molecule has 0 amide bonds. The lowest BCUT2D eigenvalue weighted by atomic mass is 10.1. The van der Waals surface area contributed by atoms with E-state index in [0.717, 1.165) is 0 Å². The van der Waals surface area contributed by atoms with E-state index >= 15 is 0 Å². The maximum absolute atomic E-state index is 11.5. The van der Waals surface area contributed by atoms with Gasteiger partial charge in [-0.1, -0.05) is 0 Å². The van der Waals surface area contributed by atoms with Crippen LogP contribution in [0.1, 0.15) is 12.0 Å². The van der Waals surface area contributed by atoms with E-state index in [0.29, 0.717) is 35.8 Å². The quantitative estimate of drug-likeness (QED) is 0.766. The predicted molar refractivity (Wildman–Crippen MR) is 61.7 cm³/mol. The second-order valence-electron chi connectivity index (χ2n) is 3.48. The Hall–Kier alpha value is -2.11. The number of carbonyl (C=O) groups excluding carboxylic acids is 1. The van der Waals surface area contributed by atoms with Gasteiger partial charge in [0.05, 0.1) is 19.8 Å². The molecule has 0 fully saturated rings. The van der Waals surface area contributed by atoms with Gasteiger partial charge in [-0.25, -0.2) is 14.8 Å². The number of esters is 1. The Bertz CT molecular complexity index is 471. The highest BCUT2D eigenvalue weighted by molar-refractivity contribution is 5.95. The fourth-order valence-corrected chi connectivity index (χ4v) is 1.67. The zero-order chi connectivity index (χ0) is 12.3. The van der Waals surface area contributed by atoms with E-state index in [-0.39, 0.29) is 5.97 Å². The summed E-state index contributed by atoms with van der Waals surface area (Å²) in [5, 5.41) is 3.12. The lowest BCUT2D eigenvalue weighted by molar-refractivity contribution is -0.136. The molecule has 6 nitrogen and oxygen atoms in total. The molecule has 0 radical (unpaired) electrons. The molecule has 0 saturated carbocycles. The first-order valence-electron chi connectivity index (χ1n) is 5.18. The zero-order valence-electron chi connectivity index (χ0n) is 9.69. The van der Waals surface area contributed by atoms with Crippen molar-refractivity contribution in [1.29, 1.82) is 0 Å². The summed E-state index contributed by atoms with van der Waals surface area (Å²) in [6.07, 6.45) is 3.70. The Kier molecular flexibility index (Phi) is 3.22. The Morgan fingerprint density at radius 2 is 2.24 bits per heavy atom. The number of fused-ring (bicyclic) bond motifs is 1. The number of ether oxygens (including phenoxy) is 2. The molecule has 90 valence electrons. The minimum absolute atomic E-state index is 0.342. The number of aromatic nitrogens is 2. The molecule has 1 N–H and O–H groups in total. The number of anilines is 1. The molecular formula is C11H13N3O3. The monoisotopic (exact) mass is 235 g/mol. The number of methoxy groups -OCH3 is 2. The first kappa shape index (κ1) is 11.4. The summed E-state index contributed by atoms with van der Waals surface area (Å²) >= 11 is 0. The summed E-state index contributed by atoms with van der Waals surface area (Å²) in [5.41, 5.74) is 1.25. The van der Waals surface area contributed by atoms with Gasteiger partial charge in [-0.2, -0.15) is 0 Å². The second kappa shape index (κ2) is 4.82. The third-order valence-corrected chi connectivity index (χ3v) is 2.49. The lowest BCUT2D eigenvalue weighted by Gasteiger charge is -2.07. The smallest absolute Gasteiger partial charge is 0.333 e. The average molecular weight is 235 g/mol. The Labute approximate surface area is 98.7 Å². The van der Waals surface area contributed by atoms with Crippen molar-refractivity contribution in [3.05, 3.63) is 17.5 Å². The van der Waals surface area contributed by atoms with Crippen molar-refractivity contribution in [2.45, 2.75) is 6.42 Å². The van der Waals surface area contributed by atoms with Gasteiger partial charge in [0.15, 0.2) is 0 Å². The van der Waals surface area contributed by atoms with E-state index in [1.165, 1.54) is 20.5 Å². The minimum atomic E-state index is -0.342. The van der Waals surface area contributed by atoms with Crippen LogP contribution in [0.15, 0.2) is 11.9 Å². The molecule has 0 saturated heterocycles. The van der Waals surface area contributed by atoms with Crippen LogP contribution in [0.25, 0.3) is 6.08 Å². The standard InChI is InChI=1S/C11H13N3O3/c1-16-10-8-5-7(11(15)17-2)3-4-12-9(8)13-6-14-10/h5-6H,3-4H2,1-2H3,(H,12,13,14). The van der Waals surface area contributed by atoms with Crippen LogP contribution in [0.4, 0.5) is 5.82 Å². The fourth-order valence-electron chi connectivity index (χ4n) is 1.67. The van der Waals surface area contributed by atoms with Crippen LogP contribution in [-0.2, 0) is 9.53 Å². The molecule has 0 unspecified atom stereocenters. The minimum Gasteiger partial charge on any atom is -0.480 e. The van der Waals surface area contributed by atoms with Gasteiger partial charge in [0.2, 0.25) is 5.88 Å².